The fraction of sp³-hybridized carbons (Fsp3) is 0.333. The van der Waals surface area contributed by atoms with Gasteiger partial charge in [0, 0.05) is 27.1 Å². The van der Waals surface area contributed by atoms with Crippen LogP contribution in [-0.4, -0.2) is 41.5 Å². The molecule has 0 aliphatic rings. The predicted molar refractivity (Wildman–Crippen MR) is 66.9 cm³/mol. The predicted octanol–water partition coefficient (Wildman–Crippen LogP) is 1.38. The molecule has 5 nitrogen and oxygen atoms in total. The first-order valence-corrected chi connectivity index (χ1v) is 5.55. The number of rotatable bonds is 3. The maximum atomic E-state index is 11.3. The highest BCUT2D eigenvalue weighted by Crippen LogP contribution is 2.10. The molecule has 90 valence electrons. The van der Waals surface area contributed by atoms with Crippen LogP contribution in [0.4, 0.5) is 4.79 Å². The van der Waals surface area contributed by atoms with Crippen molar-refractivity contribution in [2.45, 2.75) is 6.42 Å². The van der Waals surface area contributed by atoms with Crippen LogP contribution < -0.4 is 5.32 Å². The maximum absolute atomic E-state index is 11.3. The highest BCUT2D eigenvalue weighted by molar-refractivity contribution is 5.75. The lowest BCUT2D eigenvalue weighted by molar-refractivity contribution is 0.217. The monoisotopic (exact) mass is 232 g/mol. The lowest BCUT2D eigenvalue weighted by atomic mass is 10.3. The first-order valence-electron chi connectivity index (χ1n) is 5.55. The number of nitrogens with one attached hydrogen (secondary N) is 2. The summed E-state index contributed by atoms with van der Waals surface area (Å²) in [6.07, 6.45) is 0.703. The summed E-state index contributed by atoms with van der Waals surface area (Å²) in [4.78, 5) is 20.5. The summed E-state index contributed by atoms with van der Waals surface area (Å²) in [6.45, 7) is 0.580. The molecule has 1 heterocycles. The minimum atomic E-state index is -0.0823. The fourth-order valence-corrected chi connectivity index (χ4v) is 1.57. The molecule has 0 fully saturated rings. The van der Waals surface area contributed by atoms with Crippen LogP contribution in [0.3, 0.4) is 0 Å². The number of benzene rings is 1. The van der Waals surface area contributed by atoms with Crippen LogP contribution in [0.2, 0.25) is 0 Å². The molecule has 17 heavy (non-hydrogen) atoms. The molecule has 0 spiro atoms. The van der Waals surface area contributed by atoms with Crippen LogP contribution in [0, 0.1) is 0 Å². The number of nitrogens with zero attached hydrogens (tertiary/aromatic N) is 2. The molecule has 2 N–H and O–H groups in total. The van der Waals surface area contributed by atoms with Crippen molar-refractivity contribution in [3.63, 3.8) is 0 Å². The van der Waals surface area contributed by atoms with E-state index in [-0.39, 0.29) is 6.03 Å². The van der Waals surface area contributed by atoms with Crippen molar-refractivity contribution in [1.29, 1.82) is 0 Å². The number of carbonyl (C=O) groups is 1. The summed E-state index contributed by atoms with van der Waals surface area (Å²) in [6, 6.07) is 7.80. The van der Waals surface area contributed by atoms with Gasteiger partial charge in [-0.25, -0.2) is 9.78 Å². The number of hydrogen-bond acceptors (Lipinski definition) is 2. The Morgan fingerprint density at radius 1 is 1.41 bits per heavy atom. The van der Waals surface area contributed by atoms with Crippen molar-refractivity contribution in [1.82, 2.24) is 20.2 Å². The SMILES string of the molecule is CN(C)C(=O)NCCc1nc2ccccc2[nH]1. The van der Waals surface area contributed by atoms with E-state index in [0.717, 1.165) is 16.9 Å². The number of imidazole rings is 1. The van der Waals surface area contributed by atoms with Gasteiger partial charge in [0.2, 0.25) is 0 Å². The Morgan fingerprint density at radius 3 is 2.88 bits per heavy atom. The van der Waals surface area contributed by atoms with Crippen LogP contribution in [0.25, 0.3) is 11.0 Å². The van der Waals surface area contributed by atoms with E-state index in [1.807, 2.05) is 24.3 Å². The lowest BCUT2D eigenvalue weighted by Gasteiger charge is -2.10. The van der Waals surface area contributed by atoms with Crippen molar-refractivity contribution in [2.24, 2.45) is 0 Å². The highest BCUT2D eigenvalue weighted by atomic mass is 16.2. The van der Waals surface area contributed by atoms with Gasteiger partial charge in [0.05, 0.1) is 11.0 Å². The first-order chi connectivity index (χ1) is 8.16. The van der Waals surface area contributed by atoms with E-state index < -0.39 is 0 Å². The van der Waals surface area contributed by atoms with Crippen molar-refractivity contribution in [3.05, 3.63) is 30.1 Å². The third kappa shape index (κ3) is 2.75. The van der Waals surface area contributed by atoms with Gasteiger partial charge in [-0.05, 0) is 12.1 Å². The van der Waals surface area contributed by atoms with Crippen LogP contribution in [0.5, 0.6) is 0 Å². The van der Waals surface area contributed by atoms with Gasteiger partial charge >= 0.3 is 6.03 Å². The van der Waals surface area contributed by atoms with Gasteiger partial charge in [0.25, 0.3) is 0 Å². The summed E-state index contributed by atoms with van der Waals surface area (Å²) >= 11 is 0. The first kappa shape index (κ1) is 11.4. The number of fused-ring (bicyclic) bond motifs is 1. The van der Waals surface area contributed by atoms with Crippen LogP contribution in [-0.2, 0) is 6.42 Å². The van der Waals surface area contributed by atoms with Crippen molar-refractivity contribution >= 4 is 17.1 Å². The molecular weight excluding hydrogens is 216 g/mol. The van der Waals surface area contributed by atoms with E-state index >= 15 is 0 Å². The van der Waals surface area contributed by atoms with Gasteiger partial charge < -0.3 is 15.2 Å². The second-order valence-electron chi connectivity index (χ2n) is 4.08. The maximum Gasteiger partial charge on any atom is 0.316 e. The summed E-state index contributed by atoms with van der Waals surface area (Å²) in [5.41, 5.74) is 1.99. The fourth-order valence-electron chi connectivity index (χ4n) is 1.57. The molecule has 0 radical (unpaired) electrons. The molecule has 5 heteroatoms. The van der Waals surface area contributed by atoms with Crippen molar-refractivity contribution in [3.8, 4) is 0 Å². The zero-order valence-corrected chi connectivity index (χ0v) is 10.0. The largest absolute Gasteiger partial charge is 0.342 e. The number of hydrogen-bond donors (Lipinski definition) is 2. The number of urea groups is 1. The average Bonchev–Trinajstić information content (AvgIpc) is 2.71. The molecule has 2 aromatic rings. The molecule has 0 unspecified atom stereocenters. The molecule has 0 aliphatic heterocycles. The summed E-state index contributed by atoms with van der Waals surface area (Å²) in [5, 5.41) is 2.80. The smallest absolute Gasteiger partial charge is 0.316 e. The van der Waals surface area contributed by atoms with E-state index in [1.54, 1.807) is 14.1 Å². The molecule has 2 rings (SSSR count). The van der Waals surface area contributed by atoms with E-state index in [9.17, 15) is 4.79 Å². The molecule has 0 saturated carbocycles. The number of carbonyl (C=O) groups excluding carboxylic acids is 1. The molecular formula is C12H16N4O. The number of H-pyrrole nitrogens is 1. The molecule has 0 saturated heterocycles. The second kappa shape index (κ2) is 4.86. The Labute approximate surface area is 99.8 Å². The van der Waals surface area contributed by atoms with Crippen LogP contribution >= 0.6 is 0 Å². The molecule has 0 atom stereocenters. The van der Waals surface area contributed by atoms with Gasteiger partial charge in [-0.15, -0.1) is 0 Å². The Morgan fingerprint density at radius 2 is 2.18 bits per heavy atom. The Kier molecular flexibility index (Phi) is 3.27. The van der Waals surface area contributed by atoms with Crippen molar-refractivity contribution < 1.29 is 4.79 Å². The quantitative estimate of drug-likeness (QED) is 0.839. The summed E-state index contributed by atoms with van der Waals surface area (Å²) in [5.74, 6) is 0.894. The highest BCUT2D eigenvalue weighted by Gasteiger charge is 2.04. The Balaban J connectivity index is 1.93. The molecule has 1 aromatic carbocycles. The zero-order valence-electron chi connectivity index (χ0n) is 10.0. The number of aromatic nitrogens is 2. The van der Waals surface area contributed by atoms with Crippen LogP contribution in [0.1, 0.15) is 5.82 Å². The topological polar surface area (TPSA) is 61.0 Å². The van der Waals surface area contributed by atoms with E-state index in [1.165, 1.54) is 4.90 Å². The van der Waals surface area contributed by atoms with Gasteiger partial charge in [-0.1, -0.05) is 12.1 Å². The zero-order chi connectivity index (χ0) is 12.3. The number of para-hydroxylation sites is 2. The van der Waals surface area contributed by atoms with Gasteiger partial charge in [0.1, 0.15) is 5.82 Å². The third-order valence-electron chi connectivity index (χ3n) is 2.48. The average molecular weight is 232 g/mol. The van der Waals surface area contributed by atoms with E-state index in [0.29, 0.717) is 13.0 Å². The molecule has 2 amide bonds. The van der Waals surface area contributed by atoms with Gasteiger partial charge in [-0.2, -0.15) is 0 Å². The number of aromatic amines is 1. The van der Waals surface area contributed by atoms with Gasteiger partial charge in [0.15, 0.2) is 0 Å². The van der Waals surface area contributed by atoms with Crippen molar-refractivity contribution in [2.75, 3.05) is 20.6 Å². The minimum absolute atomic E-state index is 0.0823. The number of amides is 2. The summed E-state index contributed by atoms with van der Waals surface area (Å²) < 4.78 is 0. The second-order valence-corrected chi connectivity index (χ2v) is 4.08. The molecule has 1 aromatic heterocycles. The standard InChI is InChI=1S/C12H16N4O/c1-16(2)12(17)13-8-7-11-14-9-5-3-4-6-10(9)15-11/h3-6H,7-8H2,1-2H3,(H,13,17)(H,14,15). The molecule has 0 bridgehead atoms. The van der Waals surface area contributed by atoms with E-state index in [4.69, 9.17) is 0 Å². The Hall–Kier alpha value is -2.04. The van der Waals surface area contributed by atoms with E-state index in [2.05, 4.69) is 15.3 Å². The lowest BCUT2D eigenvalue weighted by Crippen LogP contribution is -2.35. The van der Waals surface area contributed by atoms with Gasteiger partial charge in [-0.3, -0.25) is 0 Å². The molecule has 0 aliphatic carbocycles. The Bertz CT molecular complexity index is 485. The van der Waals surface area contributed by atoms with Crippen LogP contribution in [0.15, 0.2) is 24.3 Å². The third-order valence-corrected chi connectivity index (χ3v) is 2.48. The minimum Gasteiger partial charge on any atom is -0.342 e. The summed E-state index contributed by atoms with van der Waals surface area (Å²) in [7, 11) is 3.44. The normalized spacial score (nSPS) is 10.5.